The number of carbonyl (C=O) groups excluding carboxylic acids is 2. The lowest BCUT2D eigenvalue weighted by atomic mass is 10.1. The fraction of sp³-hybridized carbons (Fsp3) is 0.818. The fourth-order valence-corrected chi connectivity index (χ4v) is 1.01. The van der Waals surface area contributed by atoms with Gasteiger partial charge in [0.1, 0.15) is 0 Å². The van der Waals surface area contributed by atoms with Crippen molar-refractivity contribution in [2.24, 2.45) is 5.92 Å². The molecule has 0 aromatic rings. The SMILES string of the molecule is CC(C)CCC(=O)NCC(=O)NCC(C)O. The minimum absolute atomic E-state index is 0.0242. The van der Waals surface area contributed by atoms with Gasteiger partial charge < -0.3 is 15.7 Å². The summed E-state index contributed by atoms with van der Waals surface area (Å²) in [5.74, 6) is 0.0921. The van der Waals surface area contributed by atoms with Crippen LogP contribution in [0.25, 0.3) is 0 Å². The monoisotopic (exact) mass is 230 g/mol. The number of aliphatic hydroxyl groups excluding tert-OH is 1. The van der Waals surface area contributed by atoms with Crippen LogP contribution in [0.3, 0.4) is 0 Å². The van der Waals surface area contributed by atoms with Gasteiger partial charge in [-0.3, -0.25) is 9.59 Å². The molecule has 0 heterocycles. The van der Waals surface area contributed by atoms with Gasteiger partial charge in [-0.05, 0) is 19.3 Å². The van der Waals surface area contributed by atoms with Gasteiger partial charge in [-0.25, -0.2) is 0 Å². The van der Waals surface area contributed by atoms with E-state index in [1.807, 2.05) is 13.8 Å². The van der Waals surface area contributed by atoms with E-state index < -0.39 is 6.10 Å². The van der Waals surface area contributed by atoms with Gasteiger partial charge in [0.25, 0.3) is 0 Å². The van der Waals surface area contributed by atoms with Gasteiger partial charge in [0, 0.05) is 13.0 Å². The Balaban J connectivity index is 3.55. The van der Waals surface area contributed by atoms with Gasteiger partial charge in [-0.1, -0.05) is 13.8 Å². The van der Waals surface area contributed by atoms with E-state index in [0.717, 1.165) is 6.42 Å². The second kappa shape index (κ2) is 8.10. The highest BCUT2D eigenvalue weighted by Gasteiger charge is 2.06. The Morgan fingerprint density at radius 3 is 2.25 bits per heavy atom. The van der Waals surface area contributed by atoms with Crippen molar-refractivity contribution in [1.82, 2.24) is 10.6 Å². The summed E-state index contributed by atoms with van der Waals surface area (Å²) in [6, 6.07) is 0. The van der Waals surface area contributed by atoms with Crippen molar-refractivity contribution < 1.29 is 14.7 Å². The van der Waals surface area contributed by atoms with Gasteiger partial charge in [-0.15, -0.1) is 0 Å². The van der Waals surface area contributed by atoms with E-state index in [4.69, 9.17) is 5.11 Å². The Labute approximate surface area is 96.6 Å². The number of aliphatic hydroxyl groups is 1. The zero-order valence-corrected chi connectivity index (χ0v) is 10.2. The smallest absolute Gasteiger partial charge is 0.239 e. The topological polar surface area (TPSA) is 78.4 Å². The highest BCUT2D eigenvalue weighted by Crippen LogP contribution is 2.02. The van der Waals surface area contributed by atoms with E-state index in [9.17, 15) is 9.59 Å². The first-order chi connectivity index (χ1) is 7.41. The van der Waals surface area contributed by atoms with Crippen molar-refractivity contribution in [2.45, 2.75) is 39.7 Å². The summed E-state index contributed by atoms with van der Waals surface area (Å²) < 4.78 is 0. The molecule has 0 saturated heterocycles. The molecule has 5 heteroatoms. The van der Waals surface area contributed by atoms with Crippen LogP contribution in [0.1, 0.15) is 33.6 Å². The maximum Gasteiger partial charge on any atom is 0.239 e. The van der Waals surface area contributed by atoms with Crippen LogP contribution in [0.4, 0.5) is 0 Å². The van der Waals surface area contributed by atoms with Crippen LogP contribution < -0.4 is 10.6 Å². The van der Waals surface area contributed by atoms with Crippen molar-refractivity contribution in [2.75, 3.05) is 13.1 Å². The number of carbonyl (C=O) groups is 2. The van der Waals surface area contributed by atoms with Gasteiger partial charge >= 0.3 is 0 Å². The maximum atomic E-state index is 11.2. The summed E-state index contributed by atoms with van der Waals surface area (Å²) in [6.45, 7) is 5.86. The molecule has 0 spiro atoms. The normalized spacial score (nSPS) is 12.3. The number of nitrogens with one attached hydrogen (secondary N) is 2. The highest BCUT2D eigenvalue weighted by molar-refractivity contribution is 5.84. The molecule has 3 N–H and O–H groups in total. The molecule has 16 heavy (non-hydrogen) atoms. The summed E-state index contributed by atoms with van der Waals surface area (Å²) in [5, 5.41) is 13.9. The molecule has 0 bridgehead atoms. The van der Waals surface area contributed by atoms with Gasteiger partial charge in [0.2, 0.25) is 11.8 Å². The van der Waals surface area contributed by atoms with Crippen LogP contribution in [0, 0.1) is 5.92 Å². The van der Waals surface area contributed by atoms with Gasteiger partial charge in [0.05, 0.1) is 12.6 Å². The molecule has 0 aromatic heterocycles. The molecular formula is C11H22N2O3. The molecule has 0 aliphatic carbocycles. The first-order valence-corrected chi connectivity index (χ1v) is 5.63. The average Bonchev–Trinajstić information content (AvgIpc) is 2.20. The fourth-order valence-electron chi connectivity index (χ4n) is 1.01. The first kappa shape index (κ1) is 14.9. The predicted octanol–water partition coefficient (Wildman–Crippen LogP) is 0.0358. The lowest BCUT2D eigenvalue weighted by Crippen LogP contribution is -2.39. The van der Waals surface area contributed by atoms with Crippen LogP contribution >= 0.6 is 0 Å². The third-order valence-electron chi connectivity index (χ3n) is 1.99. The second-order valence-corrected chi connectivity index (χ2v) is 4.36. The molecule has 0 aromatic carbocycles. The van der Waals surface area contributed by atoms with Crippen LogP contribution in [-0.2, 0) is 9.59 Å². The number of hydrogen-bond donors (Lipinski definition) is 3. The largest absolute Gasteiger partial charge is 0.392 e. The number of rotatable bonds is 7. The Morgan fingerprint density at radius 1 is 1.12 bits per heavy atom. The summed E-state index contributed by atoms with van der Waals surface area (Å²) in [7, 11) is 0. The van der Waals surface area contributed by atoms with Crippen molar-refractivity contribution in [3.63, 3.8) is 0 Å². The molecule has 5 nitrogen and oxygen atoms in total. The Kier molecular flexibility index (Phi) is 7.54. The minimum Gasteiger partial charge on any atom is -0.392 e. The molecule has 0 aliphatic heterocycles. The molecular weight excluding hydrogens is 208 g/mol. The summed E-state index contributed by atoms with van der Waals surface area (Å²) in [6.07, 6.45) is 0.697. The van der Waals surface area contributed by atoms with Crippen molar-refractivity contribution >= 4 is 11.8 Å². The summed E-state index contributed by atoms with van der Waals surface area (Å²) >= 11 is 0. The molecule has 1 atom stereocenters. The maximum absolute atomic E-state index is 11.2. The van der Waals surface area contributed by atoms with E-state index in [1.54, 1.807) is 6.92 Å². The third-order valence-corrected chi connectivity index (χ3v) is 1.99. The molecule has 0 rings (SSSR count). The Bertz CT molecular complexity index is 203. The van der Waals surface area contributed by atoms with E-state index >= 15 is 0 Å². The average molecular weight is 230 g/mol. The molecule has 0 radical (unpaired) electrons. The molecule has 0 fully saturated rings. The Morgan fingerprint density at radius 2 is 1.75 bits per heavy atom. The quantitative estimate of drug-likeness (QED) is 0.577. The van der Waals surface area contributed by atoms with Crippen molar-refractivity contribution in [3.8, 4) is 0 Å². The lowest BCUT2D eigenvalue weighted by Gasteiger charge is -2.08. The Hall–Kier alpha value is -1.10. The summed E-state index contributed by atoms with van der Waals surface area (Å²) in [4.78, 5) is 22.4. The van der Waals surface area contributed by atoms with E-state index in [0.29, 0.717) is 12.3 Å². The highest BCUT2D eigenvalue weighted by atomic mass is 16.3. The zero-order valence-electron chi connectivity index (χ0n) is 10.2. The van der Waals surface area contributed by atoms with Gasteiger partial charge in [0.15, 0.2) is 0 Å². The molecule has 1 unspecified atom stereocenters. The standard InChI is InChI=1S/C11H22N2O3/c1-8(2)4-5-10(15)13-7-11(16)12-6-9(3)14/h8-9,14H,4-7H2,1-3H3,(H,12,16)(H,13,15). The lowest BCUT2D eigenvalue weighted by molar-refractivity contribution is -0.126. The summed E-state index contributed by atoms with van der Waals surface area (Å²) in [5.41, 5.74) is 0. The van der Waals surface area contributed by atoms with Crippen LogP contribution in [0.15, 0.2) is 0 Å². The van der Waals surface area contributed by atoms with Crippen LogP contribution in [0.2, 0.25) is 0 Å². The van der Waals surface area contributed by atoms with Crippen LogP contribution in [-0.4, -0.2) is 36.1 Å². The van der Waals surface area contributed by atoms with Gasteiger partial charge in [-0.2, -0.15) is 0 Å². The van der Waals surface area contributed by atoms with Crippen molar-refractivity contribution in [3.05, 3.63) is 0 Å². The number of amides is 2. The molecule has 94 valence electrons. The molecule has 0 saturated carbocycles. The third kappa shape index (κ3) is 9.45. The molecule has 0 aliphatic rings. The predicted molar refractivity (Wildman–Crippen MR) is 61.8 cm³/mol. The van der Waals surface area contributed by atoms with E-state index in [2.05, 4.69) is 10.6 Å². The van der Waals surface area contributed by atoms with E-state index in [-0.39, 0.29) is 24.9 Å². The second-order valence-electron chi connectivity index (χ2n) is 4.36. The molecule has 2 amide bonds. The number of hydrogen-bond acceptors (Lipinski definition) is 3. The van der Waals surface area contributed by atoms with Crippen LogP contribution in [0.5, 0.6) is 0 Å². The zero-order chi connectivity index (χ0) is 12.6. The van der Waals surface area contributed by atoms with E-state index in [1.165, 1.54) is 0 Å². The first-order valence-electron chi connectivity index (χ1n) is 5.63. The minimum atomic E-state index is -0.569. The van der Waals surface area contributed by atoms with Crippen molar-refractivity contribution in [1.29, 1.82) is 0 Å².